The lowest BCUT2D eigenvalue weighted by molar-refractivity contribution is -0.101. The number of rotatable bonds is 3. The summed E-state index contributed by atoms with van der Waals surface area (Å²) in [5.74, 6) is 1.13. The number of benzene rings is 1. The molecule has 0 radical (unpaired) electrons. The lowest BCUT2D eigenvalue weighted by Gasteiger charge is -2.41. The Hall–Kier alpha value is -2.28. The molecule has 2 aliphatic rings. The van der Waals surface area contributed by atoms with Crippen molar-refractivity contribution in [3.05, 3.63) is 29.3 Å². The summed E-state index contributed by atoms with van der Waals surface area (Å²) in [6, 6.07) is 5.65. The zero-order valence-electron chi connectivity index (χ0n) is 14.0. The largest absolute Gasteiger partial charge is 0.371 e. The van der Waals surface area contributed by atoms with Gasteiger partial charge in [0.05, 0.1) is 18.8 Å². The van der Waals surface area contributed by atoms with Crippen molar-refractivity contribution in [2.24, 2.45) is 5.92 Å². The molecule has 2 fully saturated rings. The van der Waals surface area contributed by atoms with E-state index in [-0.39, 0.29) is 11.5 Å². The molecule has 2 heterocycles. The van der Waals surface area contributed by atoms with Gasteiger partial charge >= 0.3 is 0 Å². The fourth-order valence-electron chi connectivity index (χ4n) is 3.46. The van der Waals surface area contributed by atoms with E-state index < -0.39 is 0 Å². The van der Waals surface area contributed by atoms with E-state index in [4.69, 9.17) is 4.74 Å². The van der Waals surface area contributed by atoms with Crippen molar-refractivity contribution in [1.29, 1.82) is 0 Å². The predicted octanol–water partition coefficient (Wildman–Crippen LogP) is 1.82. The van der Waals surface area contributed by atoms with Gasteiger partial charge in [-0.25, -0.2) is 0 Å². The summed E-state index contributed by atoms with van der Waals surface area (Å²) < 4.78 is 5.98. The van der Waals surface area contributed by atoms with Crippen LogP contribution in [0.5, 0.6) is 0 Å². The van der Waals surface area contributed by atoms with Crippen molar-refractivity contribution in [2.75, 3.05) is 19.7 Å². The van der Waals surface area contributed by atoms with Crippen molar-refractivity contribution in [3.63, 3.8) is 0 Å². The van der Waals surface area contributed by atoms with Gasteiger partial charge in [-0.05, 0) is 55.5 Å². The zero-order valence-corrected chi connectivity index (χ0v) is 14.0. The van der Waals surface area contributed by atoms with Crippen LogP contribution in [0.1, 0.15) is 35.7 Å². The number of tetrazole rings is 1. The predicted molar refractivity (Wildman–Crippen MR) is 87.3 cm³/mol. The highest BCUT2D eigenvalue weighted by molar-refractivity contribution is 5.95. The number of aromatic amines is 1. The highest BCUT2D eigenvalue weighted by Gasteiger charge is 2.46. The fraction of sp³-hybridized carbons (Fsp3) is 0.529. The summed E-state index contributed by atoms with van der Waals surface area (Å²) in [6.45, 7) is 5.99. The fourth-order valence-corrected chi connectivity index (χ4v) is 3.46. The molecule has 1 N–H and O–H groups in total. The first-order valence-corrected chi connectivity index (χ1v) is 8.34. The number of aromatic nitrogens is 4. The second kappa shape index (κ2) is 5.66. The molecule has 0 spiro atoms. The van der Waals surface area contributed by atoms with Gasteiger partial charge in [-0.15, -0.1) is 10.2 Å². The molecular formula is C17H21N5O2. The third-order valence-corrected chi connectivity index (χ3v) is 5.10. The molecule has 0 bridgehead atoms. The Morgan fingerprint density at radius 3 is 2.96 bits per heavy atom. The second-order valence-electron chi connectivity index (χ2n) is 6.93. The number of nitrogens with one attached hydrogen (secondary N) is 1. The Morgan fingerprint density at radius 1 is 1.42 bits per heavy atom. The highest BCUT2D eigenvalue weighted by Crippen LogP contribution is 2.43. The first kappa shape index (κ1) is 15.3. The van der Waals surface area contributed by atoms with Gasteiger partial charge in [-0.2, -0.15) is 5.21 Å². The number of hydrogen-bond donors (Lipinski definition) is 1. The third kappa shape index (κ3) is 2.69. The minimum atomic E-state index is -0.199. The van der Waals surface area contributed by atoms with Crippen LogP contribution in [0.4, 0.5) is 0 Å². The standard InChI is InChI=1S/C17H21N5O2/c1-11-3-4-12(9-14(11)15-18-20-21-19-15)16(23)22-7-8-24-17(2,10-22)13-5-6-13/h3-4,9,13H,5-8,10H2,1-2H3,(H,18,19,20,21). The van der Waals surface area contributed by atoms with Gasteiger partial charge in [0.25, 0.3) is 5.91 Å². The molecule has 7 heteroatoms. The number of nitrogens with zero attached hydrogens (tertiary/aromatic N) is 4. The van der Waals surface area contributed by atoms with Crippen LogP contribution in [0.25, 0.3) is 11.4 Å². The quantitative estimate of drug-likeness (QED) is 0.929. The SMILES string of the molecule is Cc1ccc(C(=O)N2CCOC(C)(C3CC3)C2)cc1-c1nn[nH]n1. The monoisotopic (exact) mass is 327 g/mol. The zero-order chi connectivity index (χ0) is 16.7. The van der Waals surface area contributed by atoms with E-state index in [0.29, 0.717) is 37.0 Å². The topological polar surface area (TPSA) is 84.0 Å². The molecule has 1 aliphatic heterocycles. The van der Waals surface area contributed by atoms with Gasteiger partial charge in [0.1, 0.15) is 0 Å². The van der Waals surface area contributed by atoms with Gasteiger partial charge in [-0.3, -0.25) is 4.79 Å². The lowest BCUT2D eigenvalue weighted by Crippen LogP contribution is -2.53. The van der Waals surface area contributed by atoms with E-state index in [2.05, 4.69) is 27.5 Å². The number of hydrogen-bond acceptors (Lipinski definition) is 5. The normalized spacial score (nSPS) is 24.2. The van der Waals surface area contributed by atoms with Crippen LogP contribution in [0, 0.1) is 12.8 Å². The molecule has 1 saturated heterocycles. The van der Waals surface area contributed by atoms with Gasteiger partial charge in [0, 0.05) is 17.7 Å². The van der Waals surface area contributed by atoms with Gasteiger partial charge in [0.15, 0.2) is 0 Å². The van der Waals surface area contributed by atoms with Gasteiger partial charge < -0.3 is 9.64 Å². The van der Waals surface area contributed by atoms with E-state index >= 15 is 0 Å². The Morgan fingerprint density at radius 2 is 2.25 bits per heavy atom. The van der Waals surface area contributed by atoms with E-state index in [9.17, 15) is 4.79 Å². The lowest BCUT2D eigenvalue weighted by atomic mass is 9.97. The molecule has 4 rings (SSSR count). The number of ether oxygens (including phenoxy) is 1. The minimum Gasteiger partial charge on any atom is -0.371 e. The van der Waals surface area contributed by atoms with E-state index in [0.717, 1.165) is 11.1 Å². The average Bonchev–Trinajstić information content (AvgIpc) is 3.32. The van der Waals surface area contributed by atoms with Crippen LogP contribution in [-0.4, -0.2) is 56.7 Å². The van der Waals surface area contributed by atoms with Crippen molar-refractivity contribution in [1.82, 2.24) is 25.5 Å². The summed E-state index contributed by atoms with van der Waals surface area (Å²) in [6.07, 6.45) is 2.40. The number of H-pyrrole nitrogens is 1. The average molecular weight is 327 g/mol. The Kier molecular flexibility index (Phi) is 3.60. The molecule has 126 valence electrons. The summed E-state index contributed by atoms with van der Waals surface area (Å²) in [5.41, 5.74) is 2.29. The number of morpholine rings is 1. The maximum Gasteiger partial charge on any atom is 0.254 e. The van der Waals surface area contributed by atoms with Crippen molar-refractivity contribution in [2.45, 2.75) is 32.3 Å². The molecule has 24 heavy (non-hydrogen) atoms. The van der Waals surface area contributed by atoms with Crippen LogP contribution < -0.4 is 0 Å². The van der Waals surface area contributed by atoms with E-state index in [1.54, 1.807) is 0 Å². The molecule has 1 amide bonds. The molecular weight excluding hydrogens is 306 g/mol. The maximum absolute atomic E-state index is 13.0. The third-order valence-electron chi connectivity index (χ3n) is 5.10. The van der Waals surface area contributed by atoms with Crippen molar-refractivity contribution >= 4 is 5.91 Å². The number of carbonyl (C=O) groups is 1. The molecule has 7 nitrogen and oxygen atoms in total. The Balaban J connectivity index is 1.59. The molecule has 1 aromatic carbocycles. The molecule has 1 aliphatic carbocycles. The first-order valence-electron chi connectivity index (χ1n) is 8.34. The number of carbonyl (C=O) groups excluding carboxylic acids is 1. The molecule has 2 aromatic rings. The highest BCUT2D eigenvalue weighted by atomic mass is 16.5. The number of amides is 1. The first-order chi connectivity index (χ1) is 11.6. The van der Waals surface area contributed by atoms with Crippen LogP contribution in [0.2, 0.25) is 0 Å². The van der Waals surface area contributed by atoms with Crippen LogP contribution in [0.15, 0.2) is 18.2 Å². The molecule has 1 aromatic heterocycles. The van der Waals surface area contributed by atoms with E-state index in [1.807, 2.05) is 30.0 Å². The molecule has 1 saturated carbocycles. The minimum absolute atomic E-state index is 0.0370. The summed E-state index contributed by atoms with van der Waals surface area (Å²) in [7, 11) is 0. The molecule has 1 atom stereocenters. The summed E-state index contributed by atoms with van der Waals surface area (Å²) >= 11 is 0. The molecule has 1 unspecified atom stereocenters. The summed E-state index contributed by atoms with van der Waals surface area (Å²) in [4.78, 5) is 14.9. The van der Waals surface area contributed by atoms with Crippen LogP contribution in [0.3, 0.4) is 0 Å². The van der Waals surface area contributed by atoms with Gasteiger partial charge in [0.2, 0.25) is 5.82 Å². The second-order valence-corrected chi connectivity index (χ2v) is 6.93. The Labute approximate surface area is 140 Å². The van der Waals surface area contributed by atoms with Crippen LogP contribution in [-0.2, 0) is 4.74 Å². The van der Waals surface area contributed by atoms with Crippen molar-refractivity contribution in [3.8, 4) is 11.4 Å². The smallest absolute Gasteiger partial charge is 0.254 e. The maximum atomic E-state index is 13.0. The Bertz CT molecular complexity index is 756. The summed E-state index contributed by atoms with van der Waals surface area (Å²) in [5, 5.41) is 14.1. The van der Waals surface area contributed by atoms with E-state index in [1.165, 1.54) is 12.8 Å². The van der Waals surface area contributed by atoms with Gasteiger partial charge in [-0.1, -0.05) is 6.07 Å². The van der Waals surface area contributed by atoms with Crippen LogP contribution >= 0.6 is 0 Å². The number of aryl methyl sites for hydroxylation is 1. The van der Waals surface area contributed by atoms with Crippen molar-refractivity contribution < 1.29 is 9.53 Å².